The third-order valence-electron chi connectivity index (χ3n) is 5.15. The molecule has 0 bridgehead atoms. The van der Waals surface area contributed by atoms with E-state index in [0.29, 0.717) is 0 Å². The fourth-order valence-corrected chi connectivity index (χ4v) is 12.4. The number of halogens is 1. The van der Waals surface area contributed by atoms with Gasteiger partial charge in [-0.05, 0) is 0 Å². The van der Waals surface area contributed by atoms with Gasteiger partial charge in [-0.3, -0.25) is 0 Å². The van der Waals surface area contributed by atoms with E-state index in [9.17, 15) is 0 Å². The summed E-state index contributed by atoms with van der Waals surface area (Å²) in [4.78, 5) is 1.36. The van der Waals surface area contributed by atoms with Crippen molar-refractivity contribution in [3.63, 3.8) is 0 Å². The van der Waals surface area contributed by atoms with E-state index in [1.165, 1.54) is 26.4 Å². The molecule has 3 aromatic carbocycles. The van der Waals surface area contributed by atoms with Crippen LogP contribution in [0.15, 0.2) is 102 Å². The molecule has 0 aliphatic rings. The number of aryl methyl sites for hydroxylation is 1. The van der Waals surface area contributed by atoms with E-state index >= 15 is 0 Å². The van der Waals surface area contributed by atoms with Gasteiger partial charge < -0.3 is 0 Å². The van der Waals surface area contributed by atoms with Gasteiger partial charge in [0.25, 0.3) is 0 Å². The minimum atomic E-state index is -2.85. The van der Waals surface area contributed by atoms with E-state index < -0.39 is 5.31 Å². The zero-order valence-corrected chi connectivity index (χ0v) is 18.6. The second-order valence-corrected chi connectivity index (χ2v) is 17.0. The Bertz CT molecular complexity index is 926. The summed E-state index contributed by atoms with van der Waals surface area (Å²) >= 11 is 6.33. The van der Waals surface area contributed by atoms with Crippen LogP contribution < -0.4 is 15.9 Å². The Kier molecular flexibility index (Phi) is 5.07. The van der Waals surface area contributed by atoms with Gasteiger partial charge in [0.15, 0.2) is 0 Å². The second-order valence-electron chi connectivity index (χ2n) is 6.91. The van der Waals surface area contributed by atoms with Crippen molar-refractivity contribution in [2.24, 2.45) is 0 Å². The normalized spacial score (nSPS) is 13.0. The Labute approximate surface area is 173 Å². The Balaban J connectivity index is 2.09. The molecule has 0 saturated heterocycles. The topological polar surface area (TPSA) is 0 Å². The molecule has 0 radical (unpaired) electrons. The van der Waals surface area contributed by atoms with Crippen LogP contribution in [0.25, 0.3) is 0 Å². The molecule has 3 heteroatoms. The standard InChI is InChI=1S/C24H22BrPS/c1-20-17-21(19-27-20)18-26(25,22-11-5-2-6-12-22,23-13-7-3-8-14-23)24-15-9-4-10-16-24/h2-17,19H,18H2,1H3. The van der Waals surface area contributed by atoms with Crippen molar-refractivity contribution in [1.82, 2.24) is 0 Å². The van der Waals surface area contributed by atoms with Gasteiger partial charge in [-0.2, -0.15) is 0 Å². The molecular weight excluding hydrogens is 431 g/mol. The van der Waals surface area contributed by atoms with Crippen LogP contribution in [-0.2, 0) is 6.16 Å². The summed E-state index contributed by atoms with van der Waals surface area (Å²) in [6.07, 6.45) is 0.966. The van der Waals surface area contributed by atoms with Gasteiger partial charge in [-0.15, -0.1) is 0 Å². The molecule has 0 atom stereocenters. The second kappa shape index (κ2) is 7.36. The van der Waals surface area contributed by atoms with Gasteiger partial charge in [-0.1, -0.05) is 0 Å². The van der Waals surface area contributed by atoms with Gasteiger partial charge in [0.05, 0.1) is 0 Å². The SMILES string of the molecule is Cc1cc(CP(Br)(c2ccccc2)(c2ccccc2)c2ccccc2)cs1. The molecule has 1 aromatic heterocycles. The van der Waals surface area contributed by atoms with Crippen LogP contribution in [0.2, 0.25) is 0 Å². The number of benzene rings is 3. The predicted molar refractivity (Wildman–Crippen MR) is 127 cm³/mol. The molecule has 0 amide bonds. The summed E-state index contributed by atoms with van der Waals surface area (Å²) in [5.74, 6) is 0. The van der Waals surface area contributed by atoms with Crippen molar-refractivity contribution in [2.45, 2.75) is 13.1 Å². The number of hydrogen-bond donors (Lipinski definition) is 0. The fourth-order valence-electron chi connectivity index (χ4n) is 3.86. The zero-order chi connectivity index (χ0) is 18.8. The molecule has 136 valence electrons. The summed E-state index contributed by atoms with van der Waals surface area (Å²) in [7, 11) is 0. The summed E-state index contributed by atoms with van der Waals surface area (Å²) < 4.78 is 0. The average Bonchev–Trinajstić information content (AvgIpc) is 3.14. The molecular formula is C24H22BrPS. The molecule has 0 unspecified atom stereocenters. The third kappa shape index (κ3) is 3.21. The Morgan fingerprint density at radius 1 is 0.704 bits per heavy atom. The van der Waals surface area contributed by atoms with E-state index in [1.807, 2.05) is 11.3 Å². The van der Waals surface area contributed by atoms with Gasteiger partial charge in [0.1, 0.15) is 0 Å². The first-order valence-corrected chi connectivity index (χ1v) is 14.4. The first-order chi connectivity index (χ1) is 13.1. The van der Waals surface area contributed by atoms with Crippen molar-refractivity contribution in [3.05, 3.63) is 113 Å². The van der Waals surface area contributed by atoms with Crippen LogP contribution in [0.4, 0.5) is 0 Å². The average molecular weight is 453 g/mol. The van der Waals surface area contributed by atoms with Gasteiger partial charge in [0, 0.05) is 0 Å². The van der Waals surface area contributed by atoms with Gasteiger partial charge >= 0.3 is 174 Å². The van der Waals surface area contributed by atoms with Gasteiger partial charge in [0.2, 0.25) is 0 Å². The molecule has 0 aliphatic carbocycles. The molecule has 4 rings (SSSR count). The number of hydrogen-bond acceptors (Lipinski definition) is 1. The molecule has 0 nitrogen and oxygen atoms in total. The predicted octanol–water partition coefficient (Wildman–Crippen LogP) is 6.40. The quantitative estimate of drug-likeness (QED) is 0.307. The Morgan fingerprint density at radius 3 is 1.44 bits per heavy atom. The van der Waals surface area contributed by atoms with Crippen LogP contribution in [0.3, 0.4) is 0 Å². The van der Waals surface area contributed by atoms with E-state index in [0.717, 1.165) is 6.16 Å². The molecule has 0 saturated carbocycles. The summed E-state index contributed by atoms with van der Waals surface area (Å²) in [5, 5.41) is 3.56. The zero-order valence-electron chi connectivity index (χ0n) is 15.3. The molecule has 1 heterocycles. The van der Waals surface area contributed by atoms with Crippen molar-refractivity contribution >= 4 is 48.0 Å². The first kappa shape index (κ1) is 18.6. The maximum absolute atomic E-state index is 4.50. The third-order valence-corrected chi connectivity index (χ3v) is 15.6. The summed E-state index contributed by atoms with van der Waals surface area (Å²) in [6, 6.07) is 35.3. The van der Waals surface area contributed by atoms with Gasteiger partial charge in [-0.25, -0.2) is 0 Å². The van der Waals surface area contributed by atoms with Crippen LogP contribution in [0, 0.1) is 6.92 Å². The Hall–Kier alpha value is -1.73. The van der Waals surface area contributed by atoms with E-state index in [2.05, 4.69) is 125 Å². The van der Waals surface area contributed by atoms with Crippen LogP contribution in [-0.4, -0.2) is 0 Å². The summed E-state index contributed by atoms with van der Waals surface area (Å²) in [6.45, 7) is 2.19. The van der Waals surface area contributed by atoms with E-state index in [1.54, 1.807) is 0 Å². The number of rotatable bonds is 5. The molecule has 0 aliphatic heterocycles. The van der Waals surface area contributed by atoms with Crippen molar-refractivity contribution in [3.8, 4) is 0 Å². The molecule has 27 heavy (non-hydrogen) atoms. The molecule has 0 fully saturated rings. The molecule has 4 aromatic rings. The van der Waals surface area contributed by atoms with Crippen molar-refractivity contribution < 1.29 is 0 Å². The minimum absolute atomic E-state index is 0.966. The van der Waals surface area contributed by atoms with E-state index in [-0.39, 0.29) is 0 Å². The maximum atomic E-state index is 4.50. The van der Waals surface area contributed by atoms with Crippen LogP contribution >= 0.6 is 32.1 Å². The molecule has 0 N–H and O–H groups in total. The first-order valence-electron chi connectivity index (χ1n) is 9.05. The van der Waals surface area contributed by atoms with E-state index in [4.69, 9.17) is 0 Å². The molecule has 0 spiro atoms. The fraction of sp³-hybridized carbons (Fsp3) is 0.0833. The van der Waals surface area contributed by atoms with Crippen molar-refractivity contribution in [2.75, 3.05) is 0 Å². The number of thiophene rings is 1. The summed E-state index contributed by atoms with van der Waals surface area (Å²) in [5.41, 5.74) is 1.39. The van der Waals surface area contributed by atoms with Crippen LogP contribution in [0.1, 0.15) is 10.4 Å². The Morgan fingerprint density at radius 2 is 1.11 bits per heavy atom. The van der Waals surface area contributed by atoms with Crippen molar-refractivity contribution in [1.29, 1.82) is 0 Å². The monoisotopic (exact) mass is 452 g/mol. The van der Waals surface area contributed by atoms with Crippen LogP contribution in [0.5, 0.6) is 0 Å².